The summed E-state index contributed by atoms with van der Waals surface area (Å²) in [7, 11) is -2.89. The van der Waals surface area contributed by atoms with Crippen LogP contribution in [-0.4, -0.2) is 38.4 Å². The summed E-state index contributed by atoms with van der Waals surface area (Å²) in [4.78, 5) is 11.6. The zero-order chi connectivity index (χ0) is 13.7. The zero-order valence-corrected chi connectivity index (χ0v) is 11.4. The minimum absolute atomic E-state index is 0.0903. The maximum absolute atomic E-state index is 11.6. The molecule has 6 heteroatoms. The van der Waals surface area contributed by atoms with Crippen molar-refractivity contribution in [2.24, 2.45) is 0 Å². The number of amides is 1. The predicted octanol–water partition coefficient (Wildman–Crippen LogP) is 0.0795. The third kappa shape index (κ3) is 4.65. The molecule has 1 saturated heterocycles. The van der Waals surface area contributed by atoms with Crippen LogP contribution in [0.15, 0.2) is 30.3 Å². The molecule has 1 unspecified atom stereocenters. The number of carbonyl (C=O) groups excluding carboxylic acids is 1. The van der Waals surface area contributed by atoms with Crippen molar-refractivity contribution in [3.63, 3.8) is 0 Å². The maximum atomic E-state index is 11.6. The summed E-state index contributed by atoms with van der Waals surface area (Å²) in [5.41, 5.74) is 1.04. The van der Waals surface area contributed by atoms with Gasteiger partial charge in [0.2, 0.25) is 5.91 Å². The maximum Gasteiger partial charge on any atom is 0.234 e. The van der Waals surface area contributed by atoms with E-state index >= 15 is 0 Å². The third-order valence-electron chi connectivity index (χ3n) is 3.12. The van der Waals surface area contributed by atoms with E-state index in [-0.39, 0.29) is 30.0 Å². The molecule has 0 saturated carbocycles. The van der Waals surface area contributed by atoms with Crippen molar-refractivity contribution in [1.82, 2.24) is 10.6 Å². The fourth-order valence-electron chi connectivity index (χ4n) is 2.05. The van der Waals surface area contributed by atoms with Gasteiger partial charge in [0.1, 0.15) is 0 Å². The SMILES string of the molecule is O=C(CNC1CCS(=O)(=O)C1)NCc1ccccc1. The summed E-state index contributed by atoms with van der Waals surface area (Å²) in [6.07, 6.45) is 0.592. The lowest BCUT2D eigenvalue weighted by atomic mass is 10.2. The van der Waals surface area contributed by atoms with Crippen molar-refractivity contribution in [3.8, 4) is 0 Å². The van der Waals surface area contributed by atoms with Crippen LogP contribution in [0.5, 0.6) is 0 Å². The number of hydrogen-bond acceptors (Lipinski definition) is 4. The lowest BCUT2D eigenvalue weighted by molar-refractivity contribution is -0.120. The largest absolute Gasteiger partial charge is 0.351 e. The molecule has 1 fully saturated rings. The Balaban J connectivity index is 1.68. The molecule has 1 aliphatic heterocycles. The first kappa shape index (κ1) is 14.0. The Bertz CT molecular complexity index is 528. The highest BCUT2D eigenvalue weighted by atomic mass is 32.2. The van der Waals surface area contributed by atoms with Gasteiger partial charge < -0.3 is 10.6 Å². The molecule has 1 aromatic carbocycles. The van der Waals surface area contributed by atoms with Gasteiger partial charge in [-0.1, -0.05) is 30.3 Å². The minimum atomic E-state index is -2.89. The smallest absolute Gasteiger partial charge is 0.234 e. The number of benzene rings is 1. The molecule has 0 radical (unpaired) electrons. The molecule has 1 heterocycles. The molecule has 0 aliphatic carbocycles. The fraction of sp³-hybridized carbons (Fsp3) is 0.462. The van der Waals surface area contributed by atoms with Gasteiger partial charge in [0.25, 0.3) is 0 Å². The van der Waals surface area contributed by atoms with Crippen molar-refractivity contribution >= 4 is 15.7 Å². The van der Waals surface area contributed by atoms with Gasteiger partial charge in [-0.25, -0.2) is 8.42 Å². The lowest BCUT2D eigenvalue weighted by Gasteiger charge is -2.10. The number of sulfone groups is 1. The highest BCUT2D eigenvalue weighted by molar-refractivity contribution is 7.91. The Morgan fingerprint density at radius 3 is 2.63 bits per heavy atom. The first-order valence-electron chi connectivity index (χ1n) is 6.29. The summed E-state index contributed by atoms with van der Waals surface area (Å²) in [6.45, 7) is 0.650. The van der Waals surface area contributed by atoms with E-state index in [1.807, 2.05) is 30.3 Å². The second-order valence-electron chi connectivity index (χ2n) is 4.74. The first-order chi connectivity index (χ1) is 9.05. The molecule has 0 aromatic heterocycles. The zero-order valence-electron chi connectivity index (χ0n) is 10.6. The molecule has 19 heavy (non-hydrogen) atoms. The van der Waals surface area contributed by atoms with E-state index in [9.17, 15) is 13.2 Å². The second kappa shape index (κ2) is 6.16. The Hall–Kier alpha value is -1.40. The van der Waals surface area contributed by atoms with E-state index in [1.54, 1.807) is 0 Å². The number of carbonyl (C=O) groups is 1. The number of hydrogen-bond donors (Lipinski definition) is 2. The van der Waals surface area contributed by atoms with Crippen LogP contribution in [0.2, 0.25) is 0 Å². The summed E-state index contributed by atoms with van der Waals surface area (Å²) in [5, 5.41) is 5.77. The van der Waals surface area contributed by atoms with Crippen LogP contribution in [0.3, 0.4) is 0 Å². The third-order valence-corrected chi connectivity index (χ3v) is 4.88. The molecule has 1 amide bonds. The average molecular weight is 282 g/mol. The van der Waals surface area contributed by atoms with Gasteiger partial charge in [0, 0.05) is 12.6 Å². The molecule has 1 aliphatic rings. The molecule has 0 bridgehead atoms. The molecular formula is C13H18N2O3S. The van der Waals surface area contributed by atoms with E-state index in [2.05, 4.69) is 10.6 Å². The molecule has 2 N–H and O–H groups in total. The Labute approximate surface area is 113 Å². The summed E-state index contributed by atoms with van der Waals surface area (Å²) >= 11 is 0. The molecule has 0 spiro atoms. The van der Waals surface area contributed by atoms with E-state index < -0.39 is 9.84 Å². The van der Waals surface area contributed by atoms with Crippen LogP contribution >= 0.6 is 0 Å². The van der Waals surface area contributed by atoms with Gasteiger partial charge in [0.15, 0.2) is 9.84 Å². The number of rotatable bonds is 5. The molecule has 104 valence electrons. The quantitative estimate of drug-likeness (QED) is 0.802. The predicted molar refractivity (Wildman–Crippen MR) is 73.4 cm³/mol. The standard InChI is InChI=1S/C13H18N2O3S/c16-13(15-8-11-4-2-1-3-5-11)9-14-12-6-7-19(17,18)10-12/h1-5,12,14H,6-10H2,(H,15,16). The van der Waals surface area contributed by atoms with Crippen LogP contribution in [-0.2, 0) is 21.2 Å². The second-order valence-corrected chi connectivity index (χ2v) is 6.97. The lowest BCUT2D eigenvalue weighted by Crippen LogP contribution is -2.39. The van der Waals surface area contributed by atoms with Crippen LogP contribution in [0.4, 0.5) is 0 Å². The van der Waals surface area contributed by atoms with Gasteiger partial charge in [-0.05, 0) is 12.0 Å². The van der Waals surface area contributed by atoms with Crippen LogP contribution in [0, 0.1) is 0 Å². The van der Waals surface area contributed by atoms with Gasteiger partial charge in [-0.15, -0.1) is 0 Å². The van der Waals surface area contributed by atoms with Crippen LogP contribution in [0.1, 0.15) is 12.0 Å². The Morgan fingerprint density at radius 2 is 2.00 bits per heavy atom. The molecular weight excluding hydrogens is 264 g/mol. The Morgan fingerprint density at radius 1 is 1.26 bits per heavy atom. The minimum Gasteiger partial charge on any atom is -0.351 e. The van der Waals surface area contributed by atoms with Gasteiger partial charge >= 0.3 is 0 Å². The highest BCUT2D eigenvalue weighted by Gasteiger charge is 2.27. The highest BCUT2D eigenvalue weighted by Crippen LogP contribution is 2.10. The molecule has 1 aromatic rings. The van der Waals surface area contributed by atoms with E-state index in [1.165, 1.54) is 0 Å². The van der Waals surface area contributed by atoms with Gasteiger partial charge in [-0.2, -0.15) is 0 Å². The Kier molecular flexibility index (Phi) is 4.55. The van der Waals surface area contributed by atoms with Crippen molar-refractivity contribution in [2.45, 2.75) is 19.0 Å². The van der Waals surface area contributed by atoms with Crippen molar-refractivity contribution in [2.75, 3.05) is 18.1 Å². The van der Waals surface area contributed by atoms with Gasteiger partial charge in [0.05, 0.1) is 18.1 Å². The topological polar surface area (TPSA) is 75.3 Å². The van der Waals surface area contributed by atoms with Crippen LogP contribution < -0.4 is 10.6 Å². The van der Waals surface area contributed by atoms with Crippen LogP contribution in [0.25, 0.3) is 0 Å². The van der Waals surface area contributed by atoms with E-state index in [0.717, 1.165) is 5.56 Å². The summed E-state index contributed by atoms with van der Waals surface area (Å²) in [6, 6.07) is 9.56. The number of nitrogens with one attached hydrogen (secondary N) is 2. The van der Waals surface area contributed by atoms with E-state index in [4.69, 9.17) is 0 Å². The fourth-order valence-corrected chi connectivity index (χ4v) is 3.76. The molecule has 2 rings (SSSR count). The summed E-state index contributed by atoms with van der Waals surface area (Å²) in [5.74, 6) is 0.239. The monoisotopic (exact) mass is 282 g/mol. The first-order valence-corrected chi connectivity index (χ1v) is 8.12. The van der Waals surface area contributed by atoms with Crippen molar-refractivity contribution in [3.05, 3.63) is 35.9 Å². The van der Waals surface area contributed by atoms with E-state index in [0.29, 0.717) is 13.0 Å². The normalized spacial score (nSPS) is 21.2. The van der Waals surface area contributed by atoms with Crippen molar-refractivity contribution < 1.29 is 13.2 Å². The molecule has 1 atom stereocenters. The summed E-state index contributed by atoms with van der Waals surface area (Å²) < 4.78 is 22.5. The average Bonchev–Trinajstić information content (AvgIpc) is 2.75. The van der Waals surface area contributed by atoms with Crippen molar-refractivity contribution in [1.29, 1.82) is 0 Å². The van der Waals surface area contributed by atoms with Gasteiger partial charge in [-0.3, -0.25) is 4.79 Å². The molecule has 5 nitrogen and oxygen atoms in total.